The van der Waals surface area contributed by atoms with Gasteiger partial charge in [-0.3, -0.25) is 4.79 Å². The molecular weight excluding hydrogens is 296 g/mol. The number of rotatable bonds is 1. The molecule has 0 aliphatic rings. The Morgan fingerprint density at radius 2 is 2.05 bits per heavy atom. The Balaban J connectivity index is 2.52. The second kappa shape index (κ2) is 4.75. The van der Waals surface area contributed by atoms with Crippen LogP contribution >= 0.6 is 11.6 Å². The Hall–Kier alpha value is -2.60. The average molecular weight is 305 g/mol. The normalized spacial score (nSPS) is 11.0. The second-order valence-corrected chi connectivity index (χ2v) is 4.82. The molecule has 106 valence electrons. The first-order valence-electron chi connectivity index (χ1n) is 5.94. The van der Waals surface area contributed by atoms with Gasteiger partial charge in [-0.05, 0) is 24.3 Å². The maximum Gasteiger partial charge on any atom is 0.356 e. The summed E-state index contributed by atoms with van der Waals surface area (Å²) in [4.78, 5) is 27.5. The van der Waals surface area contributed by atoms with Gasteiger partial charge in [-0.2, -0.15) is 0 Å². The molecule has 2 aromatic heterocycles. The molecule has 3 rings (SSSR count). The van der Waals surface area contributed by atoms with E-state index in [0.717, 1.165) is 0 Å². The first-order chi connectivity index (χ1) is 10.0. The van der Waals surface area contributed by atoms with Gasteiger partial charge in [-0.15, -0.1) is 4.73 Å². The molecule has 3 aromatic rings. The first kappa shape index (κ1) is 13.4. The van der Waals surface area contributed by atoms with Crippen LogP contribution in [0.2, 0.25) is 5.02 Å². The van der Waals surface area contributed by atoms with Crippen molar-refractivity contribution in [3.63, 3.8) is 0 Å². The number of fused-ring (bicyclic) bond motifs is 3. The number of halogens is 1. The zero-order valence-electron chi connectivity index (χ0n) is 10.8. The van der Waals surface area contributed by atoms with E-state index in [0.29, 0.717) is 26.0 Å². The summed E-state index contributed by atoms with van der Waals surface area (Å²) < 4.78 is 5.15. The molecule has 0 aliphatic carbocycles. The molecule has 6 nitrogen and oxygen atoms in total. The molecule has 7 heteroatoms. The lowest BCUT2D eigenvalue weighted by Gasteiger charge is -2.08. The van der Waals surface area contributed by atoms with Crippen molar-refractivity contribution in [3.05, 3.63) is 51.5 Å². The van der Waals surface area contributed by atoms with Crippen LogP contribution in [0.3, 0.4) is 0 Å². The third-order valence-corrected chi connectivity index (χ3v) is 3.43. The van der Waals surface area contributed by atoms with Crippen LogP contribution in [0.1, 0.15) is 10.5 Å². The van der Waals surface area contributed by atoms with Gasteiger partial charge in [0.25, 0.3) is 5.56 Å². The highest BCUT2D eigenvalue weighted by atomic mass is 35.5. The van der Waals surface area contributed by atoms with E-state index < -0.39 is 11.5 Å². The van der Waals surface area contributed by atoms with Crippen molar-refractivity contribution in [2.45, 2.75) is 0 Å². The maximum absolute atomic E-state index is 12.1. The number of esters is 1. The Labute approximate surface area is 123 Å². The van der Waals surface area contributed by atoms with E-state index in [1.807, 2.05) is 0 Å². The number of hydrogen-bond donors (Lipinski definition) is 1. The van der Waals surface area contributed by atoms with E-state index in [1.165, 1.54) is 25.4 Å². The van der Waals surface area contributed by atoms with E-state index >= 15 is 0 Å². The predicted molar refractivity (Wildman–Crippen MR) is 77.0 cm³/mol. The fraction of sp³-hybridized carbons (Fsp3) is 0.0714. The van der Waals surface area contributed by atoms with E-state index in [-0.39, 0.29) is 11.1 Å². The molecule has 0 saturated carbocycles. The largest absolute Gasteiger partial charge is 0.464 e. The molecule has 0 unspecified atom stereocenters. The minimum absolute atomic E-state index is 0.0707. The molecule has 0 atom stereocenters. The van der Waals surface area contributed by atoms with Crippen LogP contribution in [0.4, 0.5) is 0 Å². The van der Waals surface area contributed by atoms with Crippen molar-refractivity contribution in [1.29, 1.82) is 0 Å². The van der Waals surface area contributed by atoms with Gasteiger partial charge in [-0.25, -0.2) is 9.78 Å². The molecule has 0 aliphatic heterocycles. The summed E-state index contributed by atoms with van der Waals surface area (Å²) in [5.74, 6) is -0.611. The quantitative estimate of drug-likeness (QED) is 0.423. The summed E-state index contributed by atoms with van der Waals surface area (Å²) in [7, 11) is 1.24. The van der Waals surface area contributed by atoms with Crippen LogP contribution in [0.25, 0.3) is 21.7 Å². The molecule has 0 spiro atoms. The van der Waals surface area contributed by atoms with Gasteiger partial charge in [0.1, 0.15) is 5.69 Å². The molecule has 1 aromatic carbocycles. The van der Waals surface area contributed by atoms with Crippen LogP contribution in [0, 0.1) is 0 Å². The summed E-state index contributed by atoms with van der Waals surface area (Å²) >= 11 is 5.96. The molecule has 21 heavy (non-hydrogen) atoms. The average Bonchev–Trinajstić information content (AvgIpc) is 2.51. The number of nitrogens with zero attached hydrogens (tertiary/aromatic N) is 2. The molecule has 0 saturated heterocycles. The van der Waals surface area contributed by atoms with Crippen LogP contribution in [-0.4, -0.2) is 28.0 Å². The van der Waals surface area contributed by atoms with Gasteiger partial charge < -0.3 is 9.94 Å². The number of hydrogen-bond acceptors (Lipinski definition) is 5. The number of carbonyl (C=O) groups excluding carboxylic acids is 1. The molecular formula is C14H9ClN2O4. The second-order valence-electron chi connectivity index (χ2n) is 4.39. The van der Waals surface area contributed by atoms with Gasteiger partial charge >= 0.3 is 5.97 Å². The lowest BCUT2D eigenvalue weighted by atomic mass is 10.1. The topological polar surface area (TPSA) is 81.4 Å². The summed E-state index contributed by atoms with van der Waals surface area (Å²) in [5, 5.41) is 11.5. The van der Waals surface area contributed by atoms with E-state index in [1.54, 1.807) is 12.1 Å². The molecule has 0 radical (unpaired) electrons. The maximum atomic E-state index is 12.1. The van der Waals surface area contributed by atoms with Crippen LogP contribution in [-0.2, 0) is 4.74 Å². The van der Waals surface area contributed by atoms with Gasteiger partial charge in [0, 0.05) is 22.0 Å². The van der Waals surface area contributed by atoms with Crippen molar-refractivity contribution < 1.29 is 14.7 Å². The number of pyridine rings is 2. The molecule has 1 N–H and O–H groups in total. The van der Waals surface area contributed by atoms with Crippen LogP contribution in [0.5, 0.6) is 0 Å². The molecule has 0 amide bonds. The number of benzene rings is 1. The summed E-state index contributed by atoms with van der Waals surface area (Å²) in [5.41, 5.74) is -0.260. The van der Waals surface area contributed by atoms with Crippen LogP contribution in [0.15, 0.2) is 35.3 Å². The first-order valence-corrected chi connectivity index (χ1v) is 6.32. The van der Waals surface area contributed by atoms with Crippen molar-refractivity contribution >= 4 is 39.2 Å². The number of carbonyl (C=O) groups is 1. The van der Waals surface area contributed by atoms with Gasteiger partial charge in [0.15, 0.2) is 0 Å². The van der Waals surface area contributed by atoms with Gasteiger partial charge in [0.2, 0.25) is 0 Å². The van der Waals surface area contributed by atoms with Gasteiger partial charge in [-0.1, -0.05) is 11.6 Å². The zero-order chi connectivity index (χ0) is 15.1. The van der Waals surface area contributed by atoms with Crippen LogP contribution < -0.4 is 5.56 Å². The van der Waals surface area contributed by atoms with Crippen molar-refractivity contribution in [3.8, 4) is 0 Å². The lowest BCUT2D eigenvalue weighted by molar-refractivity contribution is 0.0594. The van der Waals surface area contributed by atoms with E-state index in [4.69, 9.17) is 11.6 Å². The fourth-order valence-electron chi connectivity index (χ4n) is 2.20. The Kier molecular flexibility index (Phi) is 3.03. The highest BCUT2D eigenvalue weighted by molar-refractivity contribution is 6.31. The van der Waals surface area contributed by atoms with Crippen molar-refractivity contribution in [1.82, 2.24) is 9.71 Å². The van der Waals surface area contributed by atoms with E-state index in [2.05, 4.69) is 9.72 Å². The highest BCUT2D eigenvalue weighted by Crippen LogP contribution is 2.25. The van der Waals surface area contributed by atoms with E-state index in [9.17, 15) is 14.8 Å². The van der Waals surface area contributed by atoms with Crippen molar-refractivity contribution in [2.24, 2.45) is 0 Å². The number of methoxy groups -OCH3 is 1. The lowest BCUT2D eigenvalue weighted by Crippen LogP contribution is -2.19. The highest BCUT2D eigenvalue weighted by Gasteiger charge is 2.14. The fourth-order valence-corrected chi connectivity index (χ4v) is 2.37. The number of ether oxygens (including phenoxy) is 1. The number of aromatic nitrogens is 2. The smallest absolute Gasteiger partial charge is 0.356 e. The summed E-state index contributed by atoms with van der Waals surface area (Å²) in [6.07, 6.45) is 1.23. The predicted octanol–water partition coefficient (Wildman–Crippen LogP) is 2.23. The minimum Gasteiger partial charge on any atom is -0.464 e. The molecule has 0 fully saturated rings. The Bertz CT molecular complexity index is 949. The third-order valence-electron chi connectivity index (χ3n) is 3.20. The monoisotopic (exact) mass is 304 g/mol. The Morgan fingerprint density at radius 3 is 2.76 bits per heavy atom. The summed E-state index contributed by atoms with van der Waals surface area (Å²) in [6, 6.07) is 6.13. The van der Waals surface area contributed by atoms with Gasteiger partial charge in [0.05, 0.1) is 18.0 Å². The summed E-state index contributed by atoms with van der Waals surface area (Å²) in [6.45, 7) is 0. The minimum atomic E-state index is -0.622. The molecule has 0 bridgehead atoms. The Morgan fingerprint density at radius 1 is 1.29 bits per heavy atom. The SMILES string of the molecule is COC(=O)c1cc2c(cn1)c(=O)n(O)c1ccc(Cl)cc21. The molecule has 2 heterocycles. The standard InChI is InChI=1S/C14H9ClN2O4/c1-21-14(19)11-5-8-9-4-7(15)2-3-12(9)17(20)13(18)10(8)6-16-11/h2-6,20H,1H3. The zero-order valence-corrected chi connectivity index (χ0v) is 11.6. The van der Waals surface area contributed by atoms with Crippen molar-refractivity contribution in [2.75, 3.05) is 7.11 Å². The third kappa shape index (κ3) is 2.00.